The zero-order chi connectivity index (χ0) is 38.1. The number of β-amino-alcohol motifs (C(OH)–C–C–N with tert-alkyl or cyclic N) is 1. The molecule has 3 atom stereocenters. The summed E-state index contributed by atoms with van der Waals surface area (Å²) in [5, 5.41) is 22.3. The number of pyridine rings is 1. The highest BCUT2D eigenvalue weighted by Crippen LogP contribution is 2.57. The molecule has 0 bridgehead atoms. The number of halogens is 2. The van der Waals surface area contributed by atoms with Gasteiger partial charge in [-0.3, -0.25) is 4.90 Å². The Morgan fingerprint density at radius 2 is 1.82 bits per heavy atom. The van der Waals surface area contributed by atoms with E-state index in [9.17, 15) is 10.2 Å². The fraction of sp³-hybridized carbons (Fsp3) is 0.535. The van der Waals surface area contributed by atoms with Crippen molar-refractivity contribution < 1.29 is 28.5 Å². The zero-order valence-electron chi connectivity index (χ0n) is 31.5. The number of anilines is 1. The van der Waals surface area contributed by atoms with Gasteiger partial charge in [0.15, 0.2) is 5.82 Å². The third-order valence-corrected chi connectivity index (χ3v) is 15.1. The third-order valence-electron chi connectivity index (χ3n) is 13.5. The summed E-state index contributed by atoms with van der Waals surface area (Å²) in [7, 11) is 1.77. The molecule has 3 aliphatic heterocycles. The van der Waals surface area contributed by atoms with E-state index in [-0.39, 0.29) is 56.2 Å². The van der Waals surface area contributed by atoms with Crippen LogP contribution in [0.25, 0.3) is 32.9 Å². The van der Waals surface area contributed by atoms with Gasteiger partial charge in [0.1, 0.15) is 34.0 Å². The van der Waals surface area contributed by atoms with Crippen molar-refractivity contribution in [2.24, 2.45) is 10.8 Å². The van der Waals surface area contributed by atoms with Crippen molar-refractivity contribution >= 4 is 43.8 Å². The van der Waals surface area contributed by atoms with E-state index in [1.807, 2.05) is 4.90 Å². The lowest BCUT2D eigenvalue weighted by molar-refractivity contribution is -0.0829. The number of phenolic OH excluding ortho intramolecular Hbond substituents is 1. The van der Waals surface area contributed by atoms with Gasteiger partial charge < -0.3 is 24.6 Å². The summed E-state index contributed by atoms with van der Waals surface area (Å²) in [6, 6.07) is 6.56. The molecule has 4 aromatic rings. The molecule has 3 saturated heterocycles. The Morgan fingerprint density at radius 1 is 1.02 bits per heavy atom. The largest absolute Gasteiger partial charge is 0.508 e. The number of piperidine rings is 2. The molecule has 2 saturated carbocycles. The van der Waals surface area contributed by atoms with Crippen LogP contribution in [0.3, 0.4) is 0 Å². The summed E-state index contributed by atoms with van der Waals surface area (Å²) in [4.78, 5) is 19.0. The Balaban J connectivity index is 1.10. The molecule has 3 unspecified atom stereocenters. The minimum Gasteiger partial charge on any atom is -0.508 e. The monoisotopic (exact) mass is 769 g/mol. The van der Waals surface area contributed by atoms with Gasteiger partial charge in [-0.15, -0.1) is 6.42 Å². The fourth-order valence-electron chi connectivity index (χ4n) is 10.7. The standard InChI is InChI=1S/C43H49F2N5O4S/c1-4-30-32(44)11-10-26-20-29(52)21-31(34(26)30)37-36(45)38-35(40(46-37)53-2)39(49-16-6-8-28(51)24-49)48-41(47-38)54-25-43-12-5-9-33(43)50(17-7-13-43)27-22-42(23-27)14-18-55(3)19-15-42/h1,10-11,20-21,27-28,33,51-52H,3,5-9,12-19,22-25H2,2H3. The Kier molecular flexibility index (Phi) is 9.42. The van der Waals surface area contributed by atoms with Gasteiger partial charge in [0.05, 0.1) is 25.4 Å². The van der Waals surface area contributed by atoms with Gasteiger partial charge in [-0.1, -0.05) is 24.3 Å². The van der Waals surface area contributed by atoms with E-state index >= 15 is 8.78 Å². The van der Waals surface area contributed by atoms with Crippen molar-refractivity contribution in [1.82, 2.24) is 19.9 Å². The first kappa shape index (κ1) is 36.6. The number of benzene rings is 2. The van der Waals surface area contributed by atoms with Crippen LogP contribution in [0.2, 0.25) is 0 Å². The van der Waals surface area contributed by atoms with Crippen LogP contribution < -0.4 is 14.4 Å². The van der Waals surface area contributed by atoms with E-state index in [0.29, 0.717) is 71.7 Å². The lowest BCUT2D eigenvalue weighted by Crippen LogP contribution is -2.61. The highest BCUT2D eigenvalue weighted by molar-refractivity contribution is 8.14. The van der Waals surface area contributed by atoms with E-state index in [1.54, 1.807) is 0 Å². The molecular formula is C43H49F2N5O4S. The van der Waals surface area contributed by atoms with Crippen LogP contribution in [-0.2, 0) is 0 Å². The molecule has 5 aliphatic rings. The molecule has 0 radical (unpaired) electrons. The maximum atomic E-state index is 17.3. The van der Waals surface area contributed by atoms with Gasteiger partial charge in [-0.25, -0.2) is 13.8 Å². The number of aliphatic hydroxyl groups excluding tert-OH is 1. The van der Waals surface area contributed by atoms with Gasteiger partial charge in [0.25, 0.3) is 0 Å². The lowest BCUT2D eigenvalue weighted by atomic mass is 9.60. The Morgan fingerprint density at radius 3 is 2.58 bits per heavy atom. The van der Waals surface area contributed by atoms with E-state index in [2.05, 4.69) is 21.7 Å². The molecule has 2 aromatic heterocycles. The molecule has 2 aliphatic carbocycles. The molecule has 9 nitrogen and oxygen atoms in total. The van der Waals surface area contributed by atoms with E-state index < -0.39 is 17.7 Å². The van der Waals surface area contributed by atoms with E-state index in [0.717, 1.165) is 38.6 Å². The van der Waals surface area contributed by atoms with Crippen LogP contribution in [0, 0.1) is 34.8 Å². The van der Waals surface area contributed by atoms with E-state index in [1.165, 1.54) is 68.6 Å². The molecule has 5 fully saturated rings. The van der Waals surface area contributed by atoms with Gasteiger partial charge in [0.2, 0.25) is 5.88 Å². The number of fused-ring (bicyclic) bond motifs is 3. The third kappa shape index (κ3) is 6.31. The quantitative estimate of drug-likeness (QED) is 0.147. The number of likely N-dealkylation sites (tertiary alicyclic amines) is 1. The zero-order valence-corrected chi connectivity index (χ0v) is 32.3. The Bertz CT molecular complexity index is 2230. The lowest BCUT2D eigenvalue weighted by Gasteiger charge is -2.58. The average Bonchev–Trinajstić information content (AvgIpc) is 3.61. The fourth-order valence-corrected chi connectivity index (χ4v) is 12.4. The molecule has 5 heterocycles. The average molecular weight is 770 g/mol. The normalized spacial score (nSPS) is 29.6. The predicted molar refractivity (Wildman–Crippen MR) is 214 cm³/mol. The summed E-state index contributed by atoms with van der Waals surface area (Å²) in [5.41, 5.74) is 0.199. The van der Waals surface area contributed by atoms with Crippen LogP contribution in [0.1, 0.15) is 76.2 Å². The highest BCUT2D eigenvalue weighted by Gasteiger charge is 2.55. The maximum Gasteiger partial charge on any atom is 0.319 e. The smallest absolute Gasteiger partial charge is 0.319 e. The number of aromatic nitrogens is 3. The van der Waals surface area contributed by atoms with Crippen LogP contribution >= 0.6 is 10.5 Å². The molecular weight excluding hydrogens is 721 g/mol. The molecule has 55 heavy (non-hydrogen) atoms. The number of hydrogen-bond donors (Lipinski definition) is 2. The SMILES string of the molecule is C#Cc1c(F)ccc2cc(O)cc(-c3nc(OC)c4c(N5CCCC(O)C5)nc(OCC56CCCC5N(C5CC7(CCS(=C)CC7)C5)CCC6)nc4c3F)c12. The van der Waals surface area contributed by atoms with Crippen LogP contribution in [0.4, 0.5) is 14.6 Å². The summed E-state index contributed by atoms with van der Waals surface area (Å²) in [6.07, 6.45) is 17.3. The maximum absolute atomic E-state index is 17.3. The van der Waals surface area contributed by atoms with Crippen molar-refractivity contribution in [3.63, 3.8) is 0 Å². The van der Waals surface area contributed by atoms with Crippen molar-refractivity contribution in [2.45, 2.75) is 88.8 Å². The minimum atomic E-state index is -0.811. The number of ether oxygens (including phenoxy) is 2. The van der Waals surface area contributed by atoms with Crippen LogP contribution in [0.15, 0.2) is 24.3 Å². The van der Waals surface area contributed by atoms with Gasteiger partial charge >= 0.3 is 6.01 Å². The number of terminal acetylenes is 1. The topological polar surface area (TPSA) is 104 Å². The van der Waals surface area contributed by atoms with E-state index in [4.69, 9.17) is 25.9 Å². The number of nitrogens with zero attached hydrogens (tertiary/aromatic N) is 5. The second-order valence-electron chi connectivity index (χ2n) is 16.7. The number of hydrogen-bond acceptors (Lipinski definition) is 9. The van der Waals surface area contributed by atoms with Crippen molar-refractivity contribution in [3.05, 3.63) is 41.5 Å². The molecule has 9 rings (SSSR count). The minimum absolute atomic E-state index is 0.0438. The second-order valence-corrected chi connectivity index (χ2v) is 18.8. The van der Waals surface area contributed by atoms with Crippen molar-refractivity contribution in [2.75, 3.05) is 49.8 Å². The Hall–Kier alpha value is -4.05. The number of aliphatic hydroxyl groups is 1. The summed E-state index contributed by atoms with van der Waals surface area (Å²) in [5.74, 6) is 8.09. The van der Waals surface area contributed by atoms with Gasteiger partial charge in [-0.05, 0) is 111 Å². The molecule has 1 spiro atoms. The van der Waals surface area contributed by atoms with Gasteiger partial charge in [-0.2, -0.15) is 20.5 Å². The molecule has 2 aromatic carbocycles. The van der Waals surface area contributed by atoms with Crippen molar-refractivity contribution in [3.8, 4) is 41.2 Å². The number of aromatic hydroxyl groups is 1. The molecule has 290 valence electrons. The van der Waals surface area contributed by atoms with Crippen molar-refractivity contribution in [1.29, 1.82) is 0 Å². The number of phenols is 1. The number of methoxy groups -OCH3 is 1. The summed E-state index contributed by atoms with van der Waals surface area (Å²) in [6.45, 7) is 2.41. The first-order valence-electron chi connectivity index (χ1n) is 19.8. The number of rotatable bonds is 7. The predicted octanol–water partition coefficient (Wildman–Crippen LogP) is 7.44. The molecule has 12 heteroatoms. The van der Waals surface area contributed by atoms with Crippen LogP contribution in [-0.4, -0.2) is 99.0 Å². The molecule has 2 N–H and O–H groups in total. The van der Waals surface area contributed by atoms with Gasteiger partial charge in [0, 0.05) is 41.5 Å². The van der Waals surface area contributed by atoms with Crippen LogP contribution in [0.5, 0.6) is 17.6 Å². The summed E-state index contributed by atoms with van der Waals surface area (Å²) < 4.78 is 44.8. The molecule has 0 amide bonds. The summed E-state index contributed by atoms with van der Waals surface area (Å²) >= 11 is 0. The first-order chi connectivity index (χ1) is 26.6. The second kappa shape index (κ2) is 14.2. The Labute approximate surface area is 323 Å². The first-order valence-corrected chi connectivity index (χ1v) is 21.5. The highest BCUT2D eigenvalue weighted by atomic mass is 32.2.